The highest BCUT2D eigenvalue weighted by atomic mass is 16.4. The van der Waals surface area contributed by atoms with Crippen LogP contribution in [-0.2, 0) is 0 Å². The van der Waals surface area contributed by atoms with Crippen molar-refractivity contribution in [3.8, 4) is 0 Å². The maximum absolute atomic E-state index is 9.71. The number of oxime groups is 1. The van der Waals surface area contributed by atoms with Gasteiger partial charge in [-0.05, 0) is 49.2 Å². The minimum absolute atomic E-state index is 0.0916. The Morgan fingerprint density at radius 2 is 1.54 bits per heavy atom. The maximum atomic E-state index is 9.71. The Labute approximate surface area is 167 Å². The van der Waals surface area contributed by atoms with Crippen LogP contribution in [0.3, 0.4) is 0 Å². The zero-order valence-corrected chi connectivity index (χ0v) is 16.9. The van der Waals surface area contributed by atoms with Gasteiger partial charge < -0.3 is 10.1 Å². The Hall–Kier alpha value is -3.14. The molecule has 4 heteroatoms. The zero-order chi connectivity index (χ0) is 20.1. The normalized spacial score (nSPS) is 12.6. The van der Waals surface area contributed by atoms with Crippen LogP contribution < -0.4 is 4.90 Å². The topological polar surface area (TPSA) is 48.7 Å². The molecule has 4 nitrogen and oxygen atoms in total. The predicted octanol–water partition coefficient (Wildman–Crippen LogP) is 5.16. The highest BCUT2D eigenvalue weighted by Gasteiger charge is 2.19. The van der Waals surface area contributed by atoms with Crippen molar-refractivity contribution < 1.29 is 5.21 Å². The molecule has 28 heavy (non-hydrogen) atoms. The van der Waals surface area contributed by atoms with E-state index in [9.17, 15) is 5.21 Å². The first-order chi connectivity index (χ1) is 13.5. The van der Waals surface area contributed by atoms with Crippen molar-refractivity contribution in [1.29, 1.82) is 0 Å². The Balaban J connectivity index is 2.03. The standard InChI is InChI=1S/C24H27N3O/c1-17-13-18(2)15-21(14-17)23(19-5-7-22(8-6-19)27(3)4)16-24(26-28)20-9-11-25-12-10-20/h5-15,23,28H,16H2,1-4H3. The van der Waals surface area contributed by atoms with Gasteiger partial charge in [0, 0.05) is 50.1 Å². The van der Waals surface area contributed by atoms with Crippen molar-refractivity contribution in [2.45, 2.75) is 26.2 Å². The highest BCUT2D eigenvalue weighted by molar-refractivity contribution is 6.00. The predicted molar refractivity (Wildman–Crippen MR) is 116 cm³/mol. The molecule has 0 fully saturated rings. The number of hydrogen-bond donors (Lipinski definition) is 1. The van der Waals surface area contributed by atoms with Gasteiger partial charge in [0.15, 0.2) is 0 Å². The lowest BCUT2D eigenvalue weighted by Crippen LogP contribution is -2.12. The molecule has 0 saturated heterocycles. The summed E-state index contributed by atoms with van der Waals surface area (Å²) in [6.07, 6.45) is 4.04. The van der Waals surface area contributed by atoms with E-state index in [1.165, 1.54) is 22.3 Å². The number of aryl methyl sites for hydroxylation is 2. The van der Waals surface area contributed by atoms with E-state index in [0.717, 1.165) is 11.3 Å². The fraction of sp³-hybridized carbons (Fsp3) is 0.250. The molecule has 1 N–H and O–H groups in total. The van der Waals surface area contributed by atoms with Crippen LogP contribution in [-0.4, -0.2) is 30.0 Å². The summed E-state index contributed by atoms with van der Waals surface area (Å²) in [6, 6.07) is 19.0. The molecule has 0 aliphatic rings. The lowest BCUT2D eigenvalue weighted by molar-refractivity contribution is 0.317. The SMILES string of the molecule is Cc1cc(C)cc(C(CC(=NO)c2ccncc2)c2ccc(N(C)C)cc2)c1. The van der Waals surface area contributed by atoms with Crippen molar-refractivity contribution >= 4 is 11.4 Å². The van der Waals surface area contributed by atoms with Gasteiger partial charge in [-0.3, -0.25) is 4.98 Å². The molecule has 0 aliphatic carbocycles. The van der Waals surface area contributed by atoms with Crippen LogP contribution in [0.5, 0.6) is 0 Å². The van der Waals surface area contributed by atoms with Crippen molar-refractivity contribution in [3.05, 3.63) is 94.8 Å². The van der Waals surface area contributed by atoms with Crippen molar-refractivity contribution in [3.63, 3.8) is 0 Å². The fourth-order valence-electron chi connectivity index (χ4n) is 3.60. The third-order valence-electron chi connectivity index (χ3n) is 4.99. The van der Waals surface area contributed by atoms with Gasteiger partial charge >= 0.3 is 0 Å². The third-order valence-corrected chi connectivity index (χ3v) is 4.99. The minimum atomic E-state index is 0.0916. The van der Waals surface area contributed by atoms with Gasteiger partial charge in [-0.1, -0.05) is 46.6 Å². The summed E-state index contributed by atoms with van der Waals surface area (Å²) in [5, 5.41) is 13.3. The second-order valence-electron chi connectivity index (χ2n) is 7.45. The van der Waals surface area contributed by atoms with Gasteiger partial charge in [-0.25, -0.2) is 0 Å². The van der Waals surface area contributed by atoms with E-state index in [0.29, 0.717) is 12.1 Å². The summed E-state index contributed by atoms with van der Waals surface area (Å²) < 4.78 is 0. The van der Waals surface area contributed by atoms with E-state index >= 15 is 0 Å². The molecule has 3 aromatic rings. The monoisotopic (exact) mass is 373 g/mol. The van der Waals surface area contributed by atoms with Crippen LogP contribution in [0.25, 0.3) is 0 Å². The molecule has 1 aromatic heterocycles. The second-order valence-corrected chi connectivity index (χ2v) is 7.45. The second kappa shape index (κ2) is 8.70. The fourth-order valence-corrected chi connectivity index (χ4v) is 3.60. The molecule has 0 spiro atoms. The lowest BCUT2D eigenvalue weighted by Gasteiger charge is -2.21. The van der Waals surface area contributed by atoms with Crippen molar-refractivity contribution in [2.75, 3.05) is 19.0 Å². The van der Waals surface area contributed by atoms with Crippen LogP contribution in [0.15, 0.2) is 72.1 Å². The summed E-state index contributed by atoms with van der Waals surface area (Å²) in [5.74, 6) is 0.0916. The first-order valence-electron chi connectivity index (χ1n) is 9.44. The molecule has 3 rings (SSSR count). The van der Waals surface area contributed by atoms with Crippen molar-refractivity contribution in [1.82, 2.24) is 4.98 Å². The van der Waals surface area contributed by atoms with Gasteiger partial charge in [-0.2, -0.15) is 0 Å². The lowest BCUT2D eigenvalue weighted by atomic mass is 9.84. The Morgan fingerprint density at radius 3 is 2.07 bits per heavy atom. The summed E-state index contributed by atoms with van der Waals surface area (Å²) >= 11 is 0. The molecule has 144 valence electrons. The third kappa shape index (κ3) is 4.58. The van der Waals surface area contributed by atoms with Crippen LogP contribution in [0.4, 0.5) is 5.69 Å². The van der Waals surface area contributed by atoms with E-state index in [1.807, 2.05) is 26.2 Å². The zero-order valence-electron chi connectivity index (χ0n) is 16.9. The average Bonchev–Trinajstić information content (AvgIpc) is 2.69. The van der Waals surface area contributed by atoms with Gasteiger partial charge in [0.2, 0.25) is 0 Å². The number of anilines is 1. The molecule has 0 bridgehead atoms. The summed E-state index contributed by atoms with van der Waals surface area (Å²) in [5.41, 5.74) is 7.59. The highest BCUT2D eigenvalue weighted by Crippen LogP contribution is 2.32. The van der Waals surface area contributed by atoms with E-state index in [-0.39, 0.29) is 5.92 Å². The molecular weight excluding hydrogens is 346 g/mol. The quantitative estimate of drug-likeness (QED) is 0.369. The Bertz CT molecular complexity index is 927. The first-order valence-corrected chi connectivity index (χ1v) is 9.44. The number of nitrogens with zero attached hydrogens (tertiary/aromatic N) is 3. The van der Waals surface area contributed by atoms with E-state index in [4.69, 9.17) is 0 Å². The smallest absolute Gasteiger partial charge is 0.0878 e. The van der Waals surface area contributed by atoms with Crippen LogP contribution in [0.1, 0.15) is 40.2 Å². The molecule has 0 aliphatic heterocycles. The van der Waals surface area contributed by atoms with E-state index in [1.54, 1.807) is 12.4 Å². The van der Waals surface area contributed by atoms with E-state index < -0.39 is 0 Å². The molecular formula is C24H27N3O. The van der Waals surface area contributed by atoms with E-state index in [2.05, 4.69) is 71.4 Å². The first kappa shape index (κ1) is 19.6. The molecule has 1 unspecified atom stereocenters. The van der Waals surface area contributed by atoms with Gasteiger partial charge in [0.1, 0.15) is 0 Å². The molecule has 1 heterocycles. The molecule has 1 atom stereocenters. The molecule has 2 aromatic carbocycles. The number of hydrogen-bond acceptors (Lipinski definition) is 4. The average molecular weight is 374 g/mol. The minimum Gasteiger partial charge on any atom is -0.411 e. The number of rotatable bonds is 6. The number of pyridine rings is 1. The van der Waals surface area contributed by atoms with Gasteiger partial charge in [0.25, 0.3) is 0 Å². The molecule has 0 amide bonds. The van der Waals surface area contributed by atoms with Crippen molar-refractivity contribution in [2.24, 2.45) is 5.16 Å². The Kier molecular flexibility index (Phi) is 6.09. The number of benzene rings is 2. The van der Waals surface area contributed by atoms with Crippen LogP contribution >= 0.6 is 0 Å². The summed E-state index contributed by atoms with van der Waals surface area (Å²) in [4.78, 5) is 6.16. The summed E-state index contributed by atoms with van der Waals surface area (Å²) in [7, 11) is 4.08. The van der Waals surface area contributed by atoms with Gasteiger partial charge in [0.05, 0.1) is 5.71 Å². The maximum Gasteiger partial charge on any atom is 0.0878 e. The largest absolute Gasteiger partial charge is 0.411 e. The van der Waals surface area contributed by atoms with Crippen LogP contribution in [0.2, 0.25) is 0 Å². The van der Waals surface area contributed by atoms with Gasteiger partial charge in [-0.15, -0.1) is 0 Å². The number of aromatic nitrogens is 1. The molecule has 0 saturated carbocycles. The summed E-state index contributed by atoms with van der Waals surface area (Å²) in [6.45, 7) is 4.24. The molecule has 0 radical (unpaired) electrons. The van der Waals surface area contributed by atoms with Crippen LogP contribution in [0, 0.1) is 13.8 Å². The Morgan fingerprint density at radius 1 is 0.929 bits per heavy atom.